The molecule has 2 atom stereocenters. The lowest BCUT2D eigenvalue weighted by atomic mass is 10.1. The Labute approximate surface area is 97.2 Å². The molecule has 0 amide bonds. The molecule has 16 heavy (non-hydrogen) atoms. The van der Waals surface area contributed by atoms with E-state index in [-0.39, 0.29) is 12.1 Å². The Morgan fingerprint density at radius 3 is 2.81 bits per heavy atom. The fraction of sp³-hybridized carbons (Fsp3) is 0.750. The lowest BCUT2D eigenvalue weighted by Crippen LogP contribution is -2.36. The summed E-state index contributed by atoms with van der Waals surface area (Å²) in [5.41, 5.74) is 0.654. The number of carbonyl (C=O) groups excluding carboxylic acids is 1. The Balaban J connectivity index is 2.45. The molecule has 1 rings (SSSR count). The topological polar surface area (TPSA) is 38.8 Å². The highest BCUT2D eigenvalue weighted by molar-refractivity contribution is 5.87. The summed E-state index contributed by atoms with van der Waals surface area (Å²) in [6, 6.07) is 0.446. The molecule has 1 heterocycles. The number of likely N-dealkylation sites (N-methyl/N-ethyl adjacent to an activating group) is 1. The Kier molecular flexibility index (Phi) is 4.96. The molecule has 0 aliphatic carbocycles. The molecule has 0 aromatic carbocycles. The Morgan fingerprint density at radius 2 is 2.31 bits per heavy atom. The van der Waals surface area contributed by atoms with Crippen LogP contribution >= 0.6 is 0 Å². The number of carbonyl (C=O) groups is 1. The molecule has 92 valence electrons. The summed E-state index contributed by atoms with van der Waals surface area (Å²) in [5.74, 6) is -0.260. The van der Waals surface area contributed by atoms with Crippen LogP contribution in [0.1, 0.15) is 20.3 Å². The van der Waals surface area contributed by atoms with Crippen molar-refractivity contribution in [2.24, 2.45) is 0 Å². The third kappa shape index (κ3) is 3.32. The van der Waals surface area contributed by atoms with Gasteiger partial charge in [0, 0.05) is 24.8 Å². The van der Waals surface area contributed by atoms with Crippen LogP contribution in [0, 0.1) is 0 Å². The molecule has 1 fully saturated rings. The fourth-order valence-electron chi connectivity index (χ4n) is 1.96. The summed E-state index contributed by atoms with van der Waals surface area (Å²) < 4.78 is 10.1. The van der Waals surface area contributed by atoms with E-state index >= 15 is 0 Å². The number of hydrogen-bond donors (Lipinski definition) is 0. The van der Waals surface area contributed by atoms with Gasteiger partial charge in [-0.25, -0.2) is 4.79 Å². The molecule has 1 saturated heterocycles. The molecule has 0 spiro atoms. The van der Waals surface area contributed by atoms with Gasteiger partial charge in [0.25, 0.3) is 0 Å². The Bertz CT molecular complexity index is 275. The zero-order valence-corrected chi connectivity index (χ0v) is 10.5. The van der Waals surface area contributed by atoms with E-state index in [1.54, 1.807) is 6.92 Å². The van der Waals surface area contributed by atoms with Crippen molar-refractivity contribution >= 4 is 5.97 Å². The van der Waals surface area contributed by atoms with Crippen molar-refractivity contribution in [3.05, 3.63) is 11.6 Å². The van der Waals surface area contributed by atoms with Crippen LogP contribution in [0.2, 0.25) is 0 Å². The normalized spacial score (nSPS) is 26.2. The molecule has 0 radical (unpaired) electrons. The summed E-state index contributed by atoms with van der Waals surface area (Å²) in [5, 5.41) is 0. The van der Waals surface area contributed by atoms with Crippen LogP contribution in [0.25, 0.3) is 0 Å². The predicted molar refractivity (Wildman–Crippen MR) is 62.2 cm³/mol. The maximum atomic E-state index is 11.2. The van der Waals surface area contributed by atoms with E-state index in [0.29, 0.717) is 11.6 Å². The number of hydrogen-bond acceptors (Lipinski definition) is 4. The molecule has 0 N–H and O–H groups in total. The predicted octanol–water partition coefficient (Wildman–Crippen LogP) is 1.21. The summed E-state index contributed by atoms with van der Waals surface area (Å²) in [4.78, 5) is 13.4. The van der Waals surface area contributed by atoms with Crippen molar-refractivity contribution in [2.45, 2.75) is 32.4 Å². The highest BCUT2D eigenvalue weighted by atomic mass is 16.5. The molecular formula is C12H21NO3. The molecule has 4 heteroatoms. The van der Waals surface area contributed by atoms with Gasteiger partial charge >= 0.3 is 5.97 Å². The first kappa shape index (κ1) is 13.2. The van der Waals surface area contributed by atoms with Gasteiger partial charge in [0.2, 0.25) is 0 Å². The van der Waals surface area contributed by atoms with Crippen molar-refractivity contribution in [3.8, 4) is 0 Å². The van der Waals surface area contributed by atoms with E-state index in [1.165, 1.54) is 7.11 Å². The van der Waals surface area contributed by atoms with Crippen molar-refractivity contribution in [1.82, 2.24) is 4.90 Å². The second kappa shape index (κ2) is 6.01. The van der Waals surface area contributed by atoms with Crippen LogP contribution in [0.5, 0.6) is 0 Å². The summed E-state index contributed by atoms with van der Waals surface area (Å²) >= 11 is 0. The largest absolute Gasteiger partial charge is 0.466 e. The van der Waals surface area contributed by atoms with Gasteiger partial charge in [-0.05, 0) is 27.3 Å². The molecule has 0 aromatic rings. The highest BCUT2D eigenvalue weighted by Gasteiger charge is 2.27. The van der Waals surface area contributed by atoms with Crippen molar-refractivity contribution in [2.75, 3.05) is 27.3 Å². The molecule has 0 bridgehead atoms. The lowest BCUT2D eigenvalue weighted by molar-refractivity contribution is -0.136. The van der Waals surface area contributed by atoms with E-state index in [2.05, 4.69) is 23.6 Å². The summed E-state index contributed by atoms with van der Waals surface area (Å²) in [6.07, 6.45) is 3.23. The first-order valence-electron chi connectivity index (χ1n) is 5.63. The molecule has 0 saturated carbocycles. The summed E-state index contributed by atoms with van der Waals surface area (Å²) in [7, 11) is 3.45. The smallest absolute Gasteiger partial charge is 0.333 e. The van der Waals surface area contributed by atoms with Crippen LogP contribution in [-0.4, -0.2) is 50.3 Å². The van der Waals surface area contributed by atoms with E-state index in [1.807, 2.05) is 6.08 Å². The second-order valence-corrected chi connectivity index (χ2v) is 4.25. The van der Waals surface area contributed by atoms with Crippen molar-refractivity contribution in [1.29, 1.82) is 0 Å². The van der Waals surface area contributed by atoms with E-state index in [9.17, 15) is 4.79 Å². The average Bonchev–Trinajstić information content (AvgIpc) is 2.70. The first-order chi connectivity index (χ1) is 7.56. The van der Waals surface area contributed by atoms with Gasteiger partial charge in [0.05, 0.1) is 13.2 Å². The quantitative estimate of drug-likeness (QED) is 0.534. The zero-order chi connectivity index (χ0) is 12.1. The van der Waals surface area contributed by atoms with Crippen LogP contribution in [0.15, 0.2) is 11.6 Å². The SMILES string of the molecule is COC(=O)C(C)=CCN(C)C1CCOC1C. The van der Waals surface area contributed by atoms with E-state index < -0.39 is 0 Å². The molecule has 4 nitrogen and oxygen atoms in total. The van der Waals surface area contributed by atoms with Crippen LogP contribution in [0.4, 0.5) is 0 Å². The number of ether oxygens (including phenoxy) is 2. The zero-order valence-electron chi connectivity index (χ0n) is 10.5. The minimum absolute atomic E-state index is 0.260. The third-order valence-corrected chi connectivity index (χ3v) is 3.10. The van der Waals surface area contributed by atoms with Crippen LogP contribution < -0.4 is 0 Å². The van der Waals surface area contributed by atoms with Crippen molar-refractivity contribution < 1.29 is 14.3 Å². The first-order valence-corrected chi connectivity index (χ1v) is 5.63. The van der Waals surface area contributed by atoms with Gasteiger partial charge in [0.1, 0.15) is 0 Å². The minimum Gasteiger partial charge on any atom is -0.466 e. The highest BCUT2D eigenvalue weighted by Crippen LogP contribution is 2.18. The Morgan fingerprint density at radius 1 is 1.62 bits per heavy atom. The van der Waals surface area contributed by atoms with Gasteiger partial charge in [0.15, 0.2) is 0 Å². The average molecular weight is 227 g/mol. The van der Waals surface area contributed by atoms with Crippen LogP contribution in [-0.2, 0) is 14.3 Å². The fourth-order valence-corrected chi connectivity index (χ4v) is 1.96. The van der Waals surface area contributed by atoms with Gasteiger partial charge in [-0.2, -0.15) is 0 Å². The molecule has 1 aliphatic heterocycles. The van der Waals surface area contributed by atoms with Gasteiger partial charge in [-0.1, -0.05) is 6.08 Å². The Hall–Kier alpha value is -0.870. The standard InChI is InChI=1S/C12H21NO3/c1-9(12(14)15-4)5-7-13(3)11-6-8-16-10(11)2/h5,10-11H,6-8H2,1-4H3. The number of nitrogens with zero attached hydrogens (tertiary/aromatic N) is 1. The van der Waals surface area contributed by atoms with Gasteiger partial charge in [-0.3, -0.25) is 4.90 Å². The van der Waals surface area contributed by atoms with Crippen LogP contribution in [0.3, 0.4) is 0 Å². The van der Waals surface area contributed by atoms with E-state index in [4.69, 9.17) is 4.74 Å². The molecular weight excluding hydrogens is 206 g/mol. The molecule has 0 aromatic heterocycles. The number of methoxy groups -OCH3 is 1. The van der Waals surface area contributed by atoms with E-state index in [0.717, 1.165) is 19.6 Å². The maximum Gasteiger partial charge on any atom is 0.333 e. The molecule has 2 unspecified atom stereocenters. The minimum atomic E-state index is -0.260. The lowest BCUT2D eigenvalue weighted by Gasteiger charge is -2.25. The monoisotopic (exact) mass is 227 g/mol. The third-order valence-electron chi connectivity index (χ3n) is 3.10. The van der Waals surface area contributed by atoms with Gasteiger partial charge < -0.3 is 9.47 Å². The van der Waals surface area contributed by atoms with Gasteiger partial charge in [-0.15, -0.1) is 0 Å². The summed E-state index contributed by atoms with van der Waals surface area (Å²) in [6.45, 7) is 5.44. The van der Waals surface area contributed by atoms with Crippen molar-refractivity contribution in [3.63, 3.8) is 0 Å². The second-order valence-electron chi connectivity index (χ2n) is 4.25. The number of esters is 1. The maximum absolute atomic E-state index is 11.2. The number of rotatable bonds is 4. The molecule has 1 aliphatic rings.